The van der Waals surface area contributed by atoms with Crippen LogP contribution in [0.2, 0.25) is 0 Å². The molecule has 1 aromatic carbocycles. The highest BCUT2D eigenvalue weighted by Crippen LogP contribution is 2.22. The first-order valence-electron chi connectivity index (χ1n) is 7.82. The van der Waals surface area contributed by atoms with Crippen molar-refractivity contribution in [2.75, 3.05) is 0 Å². The second-order valence-corrected chi connectivity index (χ2v) is 7.08. The first-order valence-corrected chi connectivity index (χ1v) is 8.64. The summed E-state index contributed by atoms with van der Waals surface area (Å²) in [6.07, 6.45) is 3.89. The molecule has 0 saturated carbocycles. The van der Waals surface area contributed by atoms with Crippen molar-refractivity contribution in [3.63, 3.8) is 0 Å². The molecule has 3 aromatic rings. The lowest BCUT2D eigenvalue weighted by atomic mass is 10.0. The average Bonchev–Trinajstić information content (AvgIpc) is 3.21. The van der Waals surface area contributed by atoms with E-state index in [1.807, 2.05) is 24.3 Å². The number of carbonyl (C=O) groups excluding carboxylic acids is 1. The average molecular weight is 358 g/mol. The van der Waals surface area contributed by atoms with Crippen LogP contribution in [-0.2, 0) is 22.6 Å². The topological polar surface area (TPSA) is 97.1 Å². The number of carbonyl (C=O) groups is 2. The molecule has 0 radical (unpaired) electrons. The van der Waals surface area contributed by atoms with Crippen LogP contribution in [0.1, 0.15) is 18.4 Å². The second kappa shape index (κ2) is 7.02. The lowest BCUT2D eigenvalue weighted by Gasteiger charge is -2.26. The second-order valence-electron chi connectivity index (χ2n) is 5.96. The lowest BCUT2D eigenvalue weighted by molar-refractivity contribution is -0.147. The van der Waals surface area contributed by atoms with Gasteiger partial charge in [0.05, 0.1) is 21.8 Å². The molecular weight excluding hydrogens is 340 g/mol. The van der Waals surface area contributed by atoms with Gasteiger partial charge in [-0.1, -0.05) is 12.1 Å². The molecule has 2 aromatic heterocycles. The van der Waals surface area contributed by atoms with Crippen LogP contribution in [0.15, 0.2) is 42.7 Å². The molecule has 0 saturated heterocycles. The number of rotatable bonds is 7. The minimum Gasteiger partial charge on any atom is -0.479 e. The van der Waals surface area contributed by atoms with E-state index < -0.39 is 11.5 Å². The number of aryl methyl sites for hydroxylation is 1. The van der Waals surface area contributed by atoms with E-state index >= 15 is 0 Å². The number of hydrogen-bond donors (Lipinski definition) is 2. The molecule has 0 spiro atoms. The number of hydrogen-bond acceptors (Lipinski definition) is 5. The minimum atomic E-state index is -1.42. The SMILES string of the molecule is CC(Cn1cccn1)(NC(=O)CCc1nc2ccccc2s1)C(=O)O. The van der Waals surface area contributed by atoms with Crippen LogP contribution in [0.4, 0.5) is 0 Å². The first kappa shape index (κ1) is 17.1. The largest absolute Gasteiger partial charge is 0.479 e. The number of fused-ring (bicyclic) bond motifs is 1. The molecule has 1 atom stereocenters. The van der Waals surface area contributed by atoms with Gasteiger partial charge >= 0.3 is 5.97 Å². The molecular formula is C17H18N4O3S. The van der Waals surface area contributed by atoms with Crippen molar-refractivity contribution in [3.05, 3.63) is 47.7 Å². The number of nitrogens with one attached hydrogen (secondary N) is 1. The summed E-state index contributed by atoms with van der Waals surface area (Å²) < 4.78 is 2.56. The number of para-hydroxylation sites is 1. The molecule has 0 bridgehead atoms. The van der Waals surface area contributed by atoms with E-state index in [0.717, 1.165) is 15.2 Å². The minimum absolute atomic E-state index is 0.0577. The molecule has 130 valence electrons. The van der Waals surface area contributed by atoms with Gasteiger partial charge in [0.2, 0.25) is 5.91 Å². The van der Waals surface area contributed by atoms with Gasteiger partial charge in [-0.3, -0.25) is 9.48 Å². The van der Waals surface area contributed by atoms with Crippen molar-refractivity contribution in [3.8, 4) is 0 Å². The fraction of sp³-hybridized carbons (Fsp3) is 0.294. The zero-order chi connectivity index (χ0) is 17.9. The smallest absolute Gasteiger partial charge is 0.331 e. The molecule has 0 fully saturated rings. The Bertz CT molecular complexity index is 857. The van der Waals surface area contributed by atoms with Gasteiger partial charge in [0.1, 0.15) is 0 Å². The molecule has 0 aliphatic heterocycles. The summed E-state index contributed by atoms with van der Waals surface area (Å²) in [7, 11) is 0. The predicted molar refractivity (Wildman–Crippen MR) is 94.4 cm³/mol. The van der Waals surface area contributed by atoms with E-state index in [-0.39, 0.29) is 18.9 Å². The maximum atomic E-state index is 12.3. The Morgan fingerprint density at radius 3 is 2.80 bits per heavy atom. The summed E-state index contributed by atoms with van der Waals surface area (Å²) in [6, 6.07) is 9.50. The molecule has 0 aliphatic rings. The van der Waals surface area contributed by atoms with Gasteiger partial charge in [0, 0.05) is 25.2 Å². The third kappa shape index (κ3) is 4.03. The zero-order valence-corrected chi connectivity index (χ0v) is 14.5. The number of benzene rings is 1. The number of aromatic nitrogens is 3. The normalized spacial score (nSPS) is 13.5. The summed E-state index contributed by atoms with van der Waals surface area (Å²) >= 11 is 1.55. The molecule has 1 amide bonds. The summed E-state index contributed by atoms with van der Waals surface area (Å²) in [5.41, 5.74) is -0.506. The third-order valence-electron chi connectivity index (χ3n) is 3.83. The van der Waals surface area contributed by atoms with Crippen molar-refractivity contribution in [1.29, 1.82) is 0 Å². The monoisotopic (exact) mass is 358 g/mol. The Morgan fingerprint density at radius 1 is 1.32 bits per heavy atom. The fourth-order valence-electron chi connectivity index (χ4n) is 2.50. The van der Waals surface area contributed by atoms with Gasteiger partial charge in [0.15, 0.2) is 5.54 Å². The Morgan fingerprint density at radius 2 is 2.12 bits per heavy atom. The van der Waals surface area contributed by atoms with Crippen LogP contribution in [0.25, 0.3) is 10.2 Å². The Hall–Kier alpha value is -2.74. The standard InChI is InChI=1S/C17H18N4O3S/c1-17(16(23)24,11-21-10-4-9-18-21)20-14(22)7-8-15-19-12-5-2-3-6-13(12)25-15/h2-6,9-10H,7-8,11H2,1H3,(H,20,22)(H,23,24). The van der Waals surface area contributed by atoms with Gasteiger partial charge < -0.3 is 10.4 Å². The van der Waals surface area contributed by atoms with Gasteiger partial charge in [-0.15, -0.1) is 11.3 Å². The molecule has 1 unspecified atom stereocenters. The Labute approximate surface area is 148 Å². The lowest BCUT2D eigenvalue weighted by Crippen LogP contribution is -2.55. The maximum absolute atomic E-state index is 12.3. The number of carboxylic acids is 1. The van der Waals surface area contributed by atoms with Crippen molar-refractivity contribution in [2.24, 2.45) is 0 Å². The number of aliphatic carboxylic acids is 1. The fourth-order valence-corrected chi connectivity index (χ4v) is 3.46. The predicted octanol–water partition coefficient (Wildman–Crippen LogP) is 2.09. The molecule has 25 heavy (non-hydrogen) atoms. The molecule has 3 rings (SSSR count). The van der Waals surface area contributed by atoms with E-state index in [1.54, 1.807) is 29.8 Å². The highest BCUT2D eigenvalue weighted by molar-refractivity contribution is 7.18. The maximum Gasteiger partial charge on any atom is 0.331 e. The van der Waals surface area contributed by atoms with Crippen LogP contribution in [0.5, 0.6) is 0 Å². The van der Waals surface area contributed by atoms with Crippen molar-refractivity contribution in [2.45, 2.75) is 31.8 Å². The van der Waals surface area contributed by atoms with E-state index in [0.29, 0.717) is 6.42 Å². The molecule has 2 heterocycles. The molecule has 0 aliphatic carbocycles. The molecule has 8 heteroatoms. The zero-order valence-electron chi connectivity index (χ0n) is 13.7. The van der Waals surface area contributed by atoms with Crippen molar-refractivity contribution >= 4 is 33.4 Å². The van der Waals surface area contributed by atoms with E-state index in [2.05, 4.69) is 15.4 Å². The summed E-state index contributed by atoms with van der Waals surface area (Å²) in [6.45, 7) is 1.54. The molecule has 7 nitrogen and oxygen atoms in total. The summed E-state index contributed by atoms with van der Waals surface area (Å²) in [5, 5.41) is 17.0. The summed E-state index contributed by atoms with van der Waals surface area (Å²) in [4.78, 5) is 28.3. The van der Waals surface area contributed by atoms with Crippen molar-refractivity contribution in [1.82, 2.24) is 20.1 Å². The number of carboxylic acid groups (broad SMARTS) is 1. The highest BCUT2D eigenvalue weighted by atomic mass is 32.1. The Balaban J connectivity index is 1.62. The highest BCUT2D eigenvalue weighted by Gasteiger charge is 2.35. The van der Waals surface area contributed by atoms with E-state index in [1.165, 1.54) is 11.6 Å². The van der Waals surface area contributed by atoms with E-state index in [4.69, 9.17) is 0 Å². The van der Waals surface area contributed by atoms with Crippen LogP contribution >= 0.6 is 11.3 Å². The van der Waals surface area contributed by atoms with Gasteiger partial charge in [-0.25, -0.2) is 9.78 Å². The number of nitrogens with zero attached hydrogens (tertiary/aromatic N) is 3. The number of thiazole rings is 1. The van der Waals surface area contributed by atoms with Crippen LogP contribution in [0, 0.1) is 0 Å². The van der Waals surface area contributed by atoms with Gasteiger partial charge in [0.25, 0.3) is 0 Å². The third-order valence-corrected chi connectivity index (χ3v) is 4.93. The number of amides is 1. The van der Waals surface area contributed by atoms with E-state index in [9.17, 15) is 14.7 Å². The van der Waals surface area contributed by atoms with Crippen molar-refractivity contribution < 1.29 is 14.7 Å². The Kier molecular flexibility index (Phi) is 4.80. The van der Waals surface area contributed by atoms with Gasteiger partial charge in [-0.2, -0.15) is 5.10 Å². The van der Waals surface area contributed by atoms with Crippen LogP contribution in [-0.4, -0.2) is 37.3 Å². The molecule has 2 N–H and O–H groups in total. The van der Waals surface area contributed by atoms with Crippen LogP contribution in [0.3, 0.4) is 0 Å². The van der Waals surface area contributed by atoms with Crippen LogP contribution < -0.4 is 5.32 Å². The summed E-state index contributed by atoms with van der Waals surface area (Å²) in [5.74, 6) is -1.42. The van der Waals surface area contributed by atoms with Gasteiger partial charge in [-0.05, 0) is 25.1 Å². The first-order chi connectivity index (χ1) is 12.0. The quantitative estimate of drug-likeness (QED) is 0.674.